The molecule has 7 rings (SSSR count). The van der Waals surface area contributed by atoms with Crippen LogP contribution in [0.25, 0.3) is 65.4 Å². The van der Waals surface area contributed by atoms with Gasteiger partial charge in [0.25, 0.3) is 0 Å². The summed E-state index contributed by atoms with van der Waals surface area (Å²) >= 11 is 0. The van der Waals surface area contributed by atoms with E-state index in [2.05, 4.69) is 87.7 Å². The minimum atomic E-state index is 1.16. The van der Waals surface area contributed by atoms with Crippen molar-refractivity contribution >= 4 is 65.4 Å². The molecule has 0 aliphatic rings. The van der Waals surface area contributed by atoms with Gasteiger partial charge in [-0.15, -0.1) is 0 Å². The summed E-state index contributed by atoms with van der Waals surface area (Å²) < 4.78 is 0. The first kappa shape index (κ1) is 13.5. The Balaban J connectivity index is 1.73. The number of nitrogens with one attached hydrogen (secondary N) is 3. The van der Waals surface area contributed by atoms with E-state index in [1.54, 1.807) is 0 Å². The van der Waals surface area contributed by atoms with Gasteiger partial charge in [-0.3, -0.25) is 0 Å². The summed E-state index contributed by atoms with van der Waals surface area (Å²) in [5.74, 6) is 0. The second kappa shape index (κ2) is 4.51. The van der Waals surface area contributed by atoms with Crippen molar-refractivity contribution in [2.75, 3.05) is 0 Å². The SMILES string of the molecule is c1ccc2c(c1)[nH]c1cc3[nH]c4ccc5c6ccccc6[nH]c5c4c3cc12. The molecule has 0 aliphatic carbocycles. The molecule has 0 aliphatic heterocycles. The highest BCUT2D eigenvalue weighted by Gasteiger charge is 2.14. The standard InChI is InChI=1S/C24H15N3/c1-4-8-19-13(5-1)15-9-10-20-23(24(15)27-19)17-11-16-14-6-2-3-7-18(14)25-21(16)12-22(17)26-20/h1-12,25-27H. The first-order chi connectivity index (χ1) is 13.4. The molecule has 3 N–H and O–H groups in total. The zero-order valence-corrected chi connectivity index (χ0v) is 14.4. The van der Waals surface area contributed by atoms with E-state index in [-0.39, 0.29) is 0 Å². The average Bonchev–Trinajstić information content (AvgIpc) is 3.36. The van der Waals surface area contributed by atoms with Crippen molar-refractivity contribution in [3.63, 3.8) is 0 Å². The van der Waals surface area contributed by atoms with Crippen molar-refractivity contribution in [2.24, 2.45) is 0 Å². The predicted molar refractivity (Wildman–Crippen MR) is 115 cm³/mol. The largest absolute Gasteiger partial charge is 0.354 e. The van der Waals surface area contributed by atoms with Gasteiger partial charge in [0, 0.05) is 59.9 Å². The van der Waals surface area contributed by atoms with Gasteiger partial charge in [0.05, 0.1) is 5.52 Å². The maximum atomic E-state index is 3.65. The number of fused-ring (bicyclic) bond motifs is 10. The van der Waals surface area contributed by atoms with Crippen LogP contribution >= 0.6 is 0 Å². The van der Waals surface area contributed by atoms with Crippen LogP contribution in [0.3, 0.4) is 0 Å². The van der Waals surface area contributed by atoms with Gasteiger partial charge < -0.3 is 15.0 Å². The zero-order valence-electron chi connectivity index (χ0n) is 14.4. The molecule has 3 heterocycles. The molecule has 0 amide bonds. The van der Waals surface area contributed by atoms with Crippen LogP contribution in [0.1, 0.15) is 0 Å². The van der Waals surface area contributed by atoms with Crippen LogP contribution in [0.15, 0.2) is 72.8 Å². The van der Waals surface area contributed by atoms with Gasteiger partial charge in [-0.25, -0.2) is 0 Å². The molecule has 126 valence electrons. The van der Waals surface area contributed by atoms with Gasteiger partial charge in [0.2, 0.25) is 0 Å². The molecule has 0 fully saturated rings. The smallest absolute Gasteiger partial charge is 0.0566 e. The molecule has 27 heavy (non-hydrogen) atoms. The molecule has 0 unspecified atom stereocenters. The summed E-state index contributed by atoms with van der Waals surface area (Å²) in [6, 6.07) is 26.0. The summed E-state index contributed by atoms with van der Waals surface area (Å²) in [5, 5.41) is 7.62. The van der Waals surface area contributed by atoms with E-state index in [1.165, 1.54) is 59.9 Å². The number of aromatic amines is 3. The second-order valence-electron chi connectivity index (χ2n) is 7.32. The number of rotatable bonds is 0. The lowest BCUT2D eigenvalue weighted by Crippen LogP contribution is -1.73. The number of hydrogen-bond donors (Lipinski definition) is 3. The molecule has 4 aromatic carbocycles. The van der Waals surface area contributed by atoms with Crippen molar-refractivity contribution in [1.82, 2.24) is 15.0 Å². The Bertz CT molecular complexity index is 1670. The van der Waals surface area contributed by atoms with Crippen molar-refractivity contribution in [3.8, 4) is 0 Å². The van der Waals surface area contributed by atoms with E-state index >= 15 is 0 Å². The first-order valence-corrected chi connectivity index (χ1v) is 9.22. The lowest BCUT2D eigenvalue weighted by molar-refractivity contribution is 1.52. The Kier molecular flexibility index (Phi) is 2.25. The fraction of sp³-hybridized carbons (Fsp3) is 0. The highest BCUT2D eigenvalue weighted by molar-refractivity contribution is 6.26. The van der Waals surface area contributed by atoms with Crippen molar-refractivity contribution in [1.29, 1.82) is 0 Å². The second-order valence-corrected chi connectivity index (χ2v) is 7.32. The molecular formula is C24H15N3. The van der Waals surface area contributed by atoms with Gasteiger partial charge in [0.1, 0.15) is 0 Å². The van der Waals surface area contributed by atoms with E-state index in [0.717, 1.165) is 5.52 Å². The van der Waals surface area contributed by atoms with Crippen LogP contribution in [0.5, 0.6) is 0 Å². The number of H-pyrrole nitrogens is 3. The lowest BCUT2D eigenvalue weighted by Gasteiger charge is -1.96. The van der Waals surface area contributed by atoms with E-state index in [4.69, 9.17) is 0 Å². The highest BCUT2D eigenvalue weighted by Crippen LogP contribution is 2.38. The van der Waals surface area contributed by atoms with Crippen LogP contribution in [0, 0.1) is 0 Å². The summed E-state index contributed by atoms with van der Waals surface area (Å²) in [6.07, 6.45) is 0. The number of para-hydroxylation sites is 2. The van der Waals surface area contributed by atoms with Crippen molar-refractivity contribution in [2.45, 2.75) is 0 Å². The number of hydrogen-bond acceptors (Lipinski definition) is 0. The van der Waals surface area contributed by atoms with Crippen molar-refractivity contribution in [3.05, 3.63) is 72.8 Å². The maximum Gasteiger partial charge on any atom is 0.0566 e. The molecule has 0 spiro atoms. The molecule has 0 saturated heterocycles. The lowest BCUT2D eigenvalue weighted by atomic mass is 10.1. The molecular weight excluding hydrogens is 330 g/mol. The zero-order chi connectivity index (χ0) is 17.5. The van der Waals surface area contributed by atoms with Gasteiger partial charge in [0.15, 0.2) is 0 Å². The summed E-state index contributed by atoms with van der Waals surface area (Å²) in [7, 11) is 0. The molecule has 3 heteroatoms. The van der Waals surface area contributed by atoms with E-state index in [0.29, 0.717) is 0 Å². The highest BCUT2D eigenvalue weighted by atomic mass is 14.8. The summed E-state index contributed by atoms with van der Waals surface area (Å²) in [4.78, 5) is 10.8. The Morgan fingerprint density at radius 3 is 1.93 bits per heavy atom. The monoisotopic (exact) mass is 345 g/mol. The Morgan fingerprint density at radius 2 is 1.07 bits per heavy atom. The molecule has 3 aromatic heterocycles. The topological polar surface area (TPSA) is 47.4 Å². The van der Waals surface area contributed by atoms with Gasteiger partial charge in [-0.2, -0.15) is 0 Å². The fourth-order valence-corrected chi connectivity index (χ4v) is 4.66. The first-order valence-electron chi connectivity index (χ1n) is 9.22. The Labute approximate surface area is 153 Å². The van der Waals surface area contributed by atoms with Gasteiger partial charge in [-0.1, -0.05) is 42.5 Å². The average molecular weight is 345 g/mol. The fourth-order valence-electron chi connectivity index (χ4n) is 4.66. The number of benzene rings is 4. The van der Waals surface area contributed by atoms with Crippen LogP contribution < -0.4 is 0 Å². The van der Waals surface area contributed by atoms with Crippen LogP contribution in [-0.4, -0.2) is 15.0 Å². The molecule has 0 radical (unpaired) electrons. The molecule has 0 saturated carbocycles. The van der Waals surface area contributed by atoms with Gasteiger partial charge >= 0.3 is 0 Å². The van der Waals surface area contributed by atoms with Crippen LogP contribution in [0.4, 0.5) is 0 Å². The summed E-state index contributed by atoms with van der Waals surface area (Å²) in [6.45, 7) is 0. The molecule has 0 atom stereocenters. The Morgan fingerprint density at radius 1 is 0.407 bits per heavy atom. The molecule has 3 nitrogen and oxygen atoms in total. The normalized spacial score (nSPS) is 12.4. The van der Waals surface area contributed by atoms with Crippen molar-refractivity contribution < 1.29 is 0 Å². The third-order valence-corrected chi connectivity index (χ3v) is 5.87. The minimum Gasteiger partial charge on any atom is -0.354 e. The summed E-state index contributed by atoms with van der Waals surface area (Å²) in [5.41, 5.74) is 7.07. The van der Waals surface area contributed by atoms with E-state index in [9.17, 15) is 0 Å². The maximum absolute atomic E-state index is 3.65. The molecule has 7 aromatic rings. The Hall–Kier alpha value is -3.72. The van der Waals surface area contributed by atoms with Crippen LogP contribution in [0.2, 0.25) is 0 Å². The van der Waals surface area contributed by atoms with Gasteiger partial charge in [-0.05, 0) is 30.3 Å². The third-order valence-electron chi connectivity index (χ3n) is 5.87. The molecule has 0 bridgehead atoms. The quantitative estimate of drug-likeness (QED) is 0.278. The van der Waals surface area contributed by atoms with E-state index < -0.39 is 0 Å². The number of aromatic nitrogens is 3. The van der Waals surface area contributed by atoms with E-state index in [1.807, 2.05) is 0 Å². The minimum absolute atomic E-state index is 1.16. The van der Waals surface area contributed by atoms with Crippen LogP contribution in [-0.2, 0) is 0 Å². The predicted octanol–water partition coefficient (Wildman–Crippen LogP) is 6.59. The third kappa shape index (κ3) is 1.62.